The number of nitrogens with zero attached hydrogens (tertiary/aromatic N) is 4. The number of fused-ring (bicyclic) bond motifs is 1. The monoisotopic (exact) mass is 235 g/mol. The van der Waals surface area contributed by atoms with Crippen LogP contribution in [-0.2, 0) is 6.54 Å². The Morgan fingerprint density at radius 3 is 3.18 bits per heavy atom. The van der Waals surface area contributed by atoms with Crippen LogP contribution in [0.15, 0.2) is 12.4 Å². The molecule has 3 heterocycles. The topological polar surface area (TPSA) is 46.0 Å². The van der Waals surface area contributed by atoms with Crippen LogP contribution in [0.5, 0.6) is 0 Å². The normalized spacial score (nSPS) is 29.4. The Morgan fingerprint density at radius 1 is 1.29 bits per heavy atom. The van der Waals surface area contributed by atoms with E-state index in [1.807, 2.05) is 10.9 Å². The summed E-state index contributed by atoms with van der Waals surface area (Å²) in [7, 11) is 0. The molecular formula is C12H21N5. The van der Waals surface area contributed by atoms with Gasteiger partial charge in [0.05, 0.1) is 12.7 Å². The lowest BCUT2D eigenvalue weighted by molar-refractivity contribution is 0.166. The lowest BCUT2D eigenvalue weighted by Gasteiger charge is -2.35. The molecule has 2 unspecified atom stereocenters. The summed E-state index contributed by atoms with van der Waals surface area (Å²) in [6.07, 6.45) is 9.08. The maximum atomic E-state index is 3.97. The summed E-state index contributed by atoms with van der Waals surface area (Å²) in [5.41, 5.74) is 0. The average Bonchev–Trinajstić information content (AvgIpc) is 2.98. The third kappa shape index (κ3) is 2.66. The number of hydrogen-bond acceptors (Lipinski definition) is 4. The number of piperidine rings is 1. The van der Waals surface area contributed by atoms with Gasteiger partial charge in [0.25, 0.3) is 0 Å². The van der Waals surface area contributed by atoms with Gasteiger partial charge < -0.3 is 10.2 Å². The molecule has 2 aliphatic heterocycles. The Labute approximate surface area is 102 Å². The SMILES string of the molecule is c1cn(CCNC2CCN3CCCC3C2)nn1. The smallest absolute Gasteiger partial charge is 0.0692 e. The van der Waals surface area contributed by atoms with Crippen molar-refractivity contribution in [1.29, 1.82) is 0 Å². The molecule has 2 saturated heterocycles. The first kappa shape index (κ1) is 11.2. The van der Waals surface area contributed by atoms with Crippen molar-refractivity contribution in [2.24, 2.45) is 0 Å². The zero-order valence-electron chi connectivity index (χ0n) is 10.3. The second kappa shape index (κ2) is 5.14. The van der Waals surface area contributed by atoms with E-state index in [9.17, 15) is 0 Å². The molecule has 0 bridgehead atoms. The fourth-order valence-corrected chi connectivity index (χ4v) is 3.14. The summed E-state index contributed by atoms with van der Waals surface area (Å²) < 4.78 is 1.89. The van der Waals surface area contributed by atoms with E-state index < -0.39 is 0 Å². The van der Waals surface area contributed by atoms with E-state index >= 15 is 0 Å². The summed E-state index contributed by atoms with van der Waals surface area (Å²) >= 11 is 0. The maximum absolute atomic E-state index is 3.97. The molecule has 17 heavy (non-hydrogen) atoms. The number of hydrogen-bond donors (Lipinski definition) is 1. The van der Waals surface area contributed by atoms with Gasteiger partial charge in [-0.15, -0.1) is 5.10 Å². The number of nitrogens with one attached hydrogen (secondary N) is 1. The van der Waals surface area contributed by atoms with Crippen molar-refractivity contribution in [3.8, 4) is 0 Å². The first-order valence-electron chi connectivity index (χ1n) is 6.73. The van der Waals surface area contributed by atoms with Crippen LogP contribution < -0.4 is 5.32 Å². The summed E-state index contributed by atoms with van der Waals surface area (Å²) in [6.45, 7) is 4.54. The van der Waals surface area contributed by atoms with Crippen LogP contribution in [0, 0.1) is 0 Å². The highest BCUT2D eigenvalue weighted by molar-refractivity contribution is 4.89. The first-order valence-corrected chi connectivity index (χ1v) is 6.73. The summed E-state index contributed by atoms with van der Waals surface area (Å²) in [5.74, 6) is 0. The molecule has 0 amide bonds. The Balaban J connectivity index is 1.40. The molecule has 0 radical (unpaired) electrons. The van der Waals surface area contributed by atoms with Crippen LogP contribution in [0.3, 0.4) is 0 Å². The molecule has 2 fully saturated rings. The molecule has 94 valence electrons. The van der Waals surface area contributed by atoms with Crippen molar-refractivity contribution < 1.29 is 0 Å². The quantitative estimate of drug-likeness (QED) is 0.825. The highest BCUT2D eigenvalue weighted by Gasteiger charge is 2.31. The van der Waals surface area contributed by atoms with Gasteiger partial charge in [0, 0.05) is 24.8 Å². The molecule has 3 rings (SSSR count). The molecule has 1 aromatic heterocycles. The van der Waals surface area contributed by atoms with Gasteiger partial charge in [0.2, 0.25) is 0 Å². The third-order valence-corrected chi connectivity index (χ3v) is 4.07. The van der Waals surface area contributed by atoms with E-state index in [2.05, 4.69) is 20.5 Å². The van der Waals surface area contributed by atoms with Crippen molar-refractivity contribution in [2.75, 3.05) is 19.6 Å². The maximum Gasteiger partial charge on any atom is 0.0692 e. The Bertz CT molecular complexity index is 337. The van der Waals surface area contributed by atoms with Crippen LogP contribution in [0.1, 0.15) is 25.7 Å². The van der Waals surface area contributed by atoms with E-state index in [-0.39, 0.29) is 0 Å². The predicted octanol–water partition coefficient (Wildman–Crippen LogP) is 0.494. The molecule has 2 aliphatic rings. The van der Waals surface area contributed by atoms with Crippen molar-refractivity contribution in [2.45, 2.75) is 44.3 Å². The molecule has 0 aromatic carbocycles. The van der Waals surface area contributed by atoms with E-state index in [1.165, 1.54) is 38.8 Å². The van der Waals surface area contributed by atoms with Crippen molar-refractivity contribution in [3.63, 3.8) is 0 Å². The second-order valence-corrected chi connectivity index (χ2v) is 5.17. The molecule has 5 nitrogen and oxygen atoms in total. The van der Waals surface area contributed by atoms with Crippen LogP contribution in [-0.4, -0.2) is 51.6 Å². The Kier molecular flexibility index (Phi) is 3.38. The zero-order valence-corrected chi connectivity index (χ0v) is 10.3. The van der Waals surface area contributed by atoms with Gasteiger partial charge in [-0.3, -0.25) is 4.68 Å². The first-order chi connectivity index (χ1) is 8.42. The minimum Gasteiger partial charge on any atom is -0.312 e. The van der Waals surface area contributed by atoms with E-state index in [0.717, 1.165) is 19.1 Å². The van der Waals surface area contributed by atoms with Crippen LogP contribution in [0.2, 0.25) is 0 Å². The van der Waals surface area contributed by atoms with Crippen molar-refractivity contribution in [1.82, 2.24) is 25.2 Å². The highest BCUT2D eigenvalue weighted by atomic mass is 15.4. The summed E-state index contributed by atoms with van der Waals surface area (Å²) in [6, 6.07) is 1.56. The summed E-state index contributed by atoms with van der Waals surface area (Å²) in [4.78, 5) is 2.66. The summed E-state index contributed by atoms with van der Waals surface area (Å²) in [5, 5.41) is 11.4. The average molecular weight is 235 g/mol. The highest BCUT2D eigenvalue weighted by Crippen LogP contribution is 2.26. The van der Waals surface area contributed by atoms with Crippen LogP contribution in [0.4, 0.5) is 0 Å². The van der Waals surface area contributed by atoms with Gasteiger partial charge in [-0.05, 0) is 38.8 Å². The van der Waals surface area contributed by atoms with Gasteiger partial charge in [-0.2, -0.15) is 0 Å². The fraction of sp³-hybridized carbons (Fsp3) is 0.833. The molecule has 5 heteroatoms. The molecule has 1 N–H and O–H groups in total. The molecular weight excluding hydrogens is 214 g/mol. The molecule has 2 atom stereocenters. The van der Waals surface area contributed by atoms with Gasteiger partial charge in [-0.1, -0.05) is 5.21 Å². The molecule has 1 aromatic rings. The van der Waals surface area contributed by atoms with E-state index in [4.69, 9.17) is 0 Å². The Morgan fingerprint density at radius 2 is 2.29 bits per heavy atom. The Hall–Kier alpha value is -0.940. The lowest BCUT2D eigenvalue weighted by Crippen LogP contribution is -2.46. The second-order valence-electron chi connectivity index (χ2n) is 5.17. The minimum absolute atomic E-state index is 0.706. The largest absolute Gasteiger partial charge is 0.312 e. The van der Waals surface area contributed by atoms with Gasteiger partial charge in [0.1, 0.15) is 0 Å². The lowest BCUT2D eigenvalue weighted by atomic mass is 9.98. The van der Waals surface area contributed by atoms with Crippen LogP contribution >= 0.6 is 0 Å². The molecule has 0 saturated carbocycles. The van der Waals surface area contributed by atoms with E-state index in [0.29, 0.717) is 6.04 Å². The number of rotatable bonds is 4. The zero-order chi connectivity index (χ0) is 11.5. The fourth-order valence-electron chi connectivity index (χ4n) is 3.14. The van der Waals surface area contributed by atoms with Crippen LogP contribution in [0.25, 0.3) is 0 Å². The molecule has 0 aliphatic carbocycles. The third-order valence-electron chi connectivity index (χ3n) is 4.07. The van der Waals surface area contributed by atoms with Crippen molar-refractivity contribution >= 4 is 0 Å². The molecule has 0 spiro atoms. The van der Waals surface area contributed by atoms with Gasteiger partial charge >= 0.3 is 0 Å². The van der Waals surface area contributed by atoms with Gasteiger partial charge in [0.15, 0.2) is 0 Å². The van der Waals surface area contributed by atoms with Gasteiger partial charge in [-0.25, -0.2) is 0 Å². The van der Waals surface area contributed by atoms with Crippen molar-refractivity contribution in [3.05, 3.63) is 12.4 Å². The predicted molar refractivity (Wildman–Crippen MR) is 65.6 cm³/mol. The standard InChI is InChI=1S/C12H21N5/c1-2-12-10-11(3-7-16(12)6-1)13-4-8-17-9-5-14-15-17/h5,9,11-13H,1-4,6-8,10H2. The minimum atomic E-state index is 0.706. The van der Waals surface area contributed by atoms with E-state index in [1.54, 1.807) is 6.20 Å². The number of aromatic nitrogens is 3.